The fourth-order valence-corrected chi connectivity index (χ4v) is 6.14. The predicted octanol–water partition coefficient (Wildman–Crippen LogP) is 4.80. The second-order valence-electron chi connectivity index (χ2n) is 8.05. The Bertz CT molecular complexity index is 335. The lowest BCUT2D eigenvalue weighted by Crippen LogP contribution is -2.56. The Morgan fingerprint density at radius 2 is 1.78 bits per heavy atom. The lowest BCUT2D eigenvalue weighted by atomic mass is 9.45. The zero-order valence-electron chi connectivity index (χ0n) is 12.7. The second kappa shape index (κ2) is 3.98. The van der Waals surface area contributed by atoms with Crippen molar-refractivity contribution in [1.29, 1.82) is 0 Å². The molecule has 0 N–H and O–H groups in total. The van der Waals surface area contributed by atoms with Gasteiger partial charge in [-0.15, -0.1) is 0 Å². The minimum atomic E-state index is 0.249. The summed E-state index contributed by atoms with van der Waals surface area (Å²) in [7, 11) is 0. The lowest BCUT2D eigenvalue weighted by molar-refractivity contribution is -0.156. The van der Waals surface area contributed by atoms with Gasteiger partial charge in [-0.3, -0.25) is 0 Å². The van der Waals surface area contributed by atoms with Gasteiger partial charge in [0.05, 0.1) is 5.60 Å². The van der Waals surface area contributed by atoms with E-state index >= 15 is 0 Å². The van der Waals surface area contributed by atoms with Gasteiger partial charge in [0.15, 0.2) is 0 Å². The summed E-state index contributed by atoms with van der Waals surface area (Å²) < 4.78 is 6.28. The Morgan fingerprint density at radius 3 is 2.50 bits per heavy atom. The minimum Gasteiger partial charge on any atom is -0.375 e. The van der Waals surface area contributed by atoms with Gasteiger partial charge < -0.3 is 4.74 Å². The summed E-state index contributed by atoms with van der Waals surface area (Å²) in [5.74, 6) is 1.75. The molecule has 1 heteroatoms. The minimum absolute atomic E-state index is 0.249. The van der Waals surface area contributed by atoms with Crippen LogP contribution < -0.4 is 0 Å². The molecule has 2 aliphatic carbocycles. The van der Waals surface area contributed by atoms with Gasteiger partial charge in [-0.25, -0.2) is 0 Å². The van der Waals surface area contributed by atoms with Crippen molar-refractivity contribution in [3.05, 3.63) is 0 Å². The summed E-state index contributed by atoms with van der Waals surface area (Å²) in [5, 5.41) is 0. The lowest BCUT2D eigenvalue weighted by Gasteiger charge is -2.60. The van der Waals surface area contributed by atoms with Gasteiger partial charge in [0, 0.05) is 6.61 Å². The third kappa shape index (κ3) is 1.55. The second-order valence-corrected chi connectivity index (χ2v) is 8.05. The van der Waals surface area contributed by atoms with Crippen LogP contribution in [0.5, 0.6) is 0 Å². The van der Waals surface area contributed by atoms with E-state index in [4.69, 9.17) is 4.74 Å². The average Bonchev–Trinajstić information content (AvgIpc) is 2.73. The highest BCUT2D eigenvalue weighted by Crippen LogP contribution is 2.65. The maximum absolute atomic E-state index is 6.28. The number of fused-ring (bicyclic) bond motifs is 3. The molecule has 3 aliphatic rings. The van der Waals surface area contributed by atoms with Gasteiger partial charge >= 0.3 is 0 Å². The molecule has 0 aromatic heterocycles. The Morgan fingerprint density at radius 1 is 1.00 bits per heavy atom. The average molecular weight is 250 g/mol. The monoisotopic (exact) mass is 250 g/mol. The van der Waals surface area contributed by atoms with Gasteiger partial charge in [0.25, 0.3) is 0 Å². The van der Waals surface area contributed by atoms with Crippen molar-refractivity contribution in [2.75, 3.05) is 6.61 Å². The molecule has 3 rings (SSSR count). The number of rotatable bonds is 1. The Hall–Kier alpha value is -0.0400. The molecule has 0 radical (unpaired) electrons. The van der Waals surface area contributed by atoms with Crippen molar-refractivity contribution >= 4 is 0 Å². The first-order valence-electron chi connectivity index (χ1n) is 8.09. The third-order valence-corrected chi connectivity index (χ3v) is 6.96. The molecular weight excluding hydrogens is 220 g/mol. The third-order valence-electron chi connectivity index (χ3n) is 6.96. The van der Waals surface area contributed by atoms with Gasteiger partial charge in [-0.2, -0.15) is 0 Å². The van der Waals surface area contributed by atoms with E-state index in [0.29, 0.717) is 10.8 Å². The molecule has 0 unspecified atom stereocenters. The molecule has 4 atom stereocenters. The van der Waals surface area contributed by atoms with Crippen LogP contribution in [0.4, 0.5) is 0 Å². The van der Waals surface area contributed by atoms with E-state index in [1.165, 1.54) is 44.9 Å². The quantitative estimate of drug-likeness (QED) is 0.649. The largest absolute Gasteiger partial charge is 0.375 e. The summed E-state index contributed by atoms with van der Waals surface area (Å²) in [4.78, 5) is 0. The van der Waals surface area contributed by atoms with Gasteiger partial charge in [0.1, 0.15) is 0 Å². The smallest absolute Gasteiger partial charge is 0.0714 e. The summed E-state index contributed by atoms with van der Waals surface area (Å²) in [6.07, 6.45) is 9.55. The van der Waals surface area contributed by atoms with Gasteiger partial charge in [-0.1, -0.05) is 34.1 Å². The van der Waals surface area contributed by atoms with Crippen LogP contribution in [-0.4, -0.2) is 12.2 Å². The first-order valence-corrected chi connectivity index (χ1v) is 8.09. The van der Waals surface area contributed by atoms with Crippen LogP contribution in [0.15, 0.2) is 0 Å². The SMILES string of the molecule is CC[C@@]12CC[C@H]3C(C)(C)CCC[C@]3(C)[C@H]1CCO2. The molecule has 1 heterocycles. The molecule has 104 valence electrons. The highest BCUT2D eigenvalue weighted by molar-refractivity contribution is 5.10. The molecular formula is C17H30O. The maximum atomic E-state index is 6.28. The summed E-state index contributed by atoms with van der Waals surface area (Å²) in [5.41, 5.74) is 1.35. The molecule has 1 saturated heterocycles. The van der Waals surface area contributed by atoms with Crippen molar-refractivity contribution in [2.45, 2.75) is 78.2 Å². The fraction of sp³-hybridized carbons (Fsp3) is 1.00. The van der Waals surface area contributed by atoms with Gasteiger partial charge in [0.2, 0.25) is 0 Å². The van der Waals surface area contributed by atoms with E-state index in [-0.39, 0.29) is 5.60 Å². The van der Waals surface area contributed by atoms with Crippen LogP contribution >= 0.6 is 0 Å². The molecule has 3 fully saturated rings. The molecule has 0 spiro atoms. The number of hydrogen-bond donors (Lipinski definition) is 0. The van der Waals surface area contributed by atoms with Crippen molar-refractivity contribution in [1.82, 2.24) is 0 Å². The van der Waals surface area contributed by atoms with E-state index in [2.05, 4.69) is 27.7 Å². The zero-order chi connectivity index (χ0) is 13.0. The van der Waals surface area contributed by atoms with E-state index in [1.807, 2.05) is 0 Å². The van der Waals surface area contributed by atoms with E-state index in [0.717, 1.165) is 18.4 Å². The Balaban J connectivity index is 1.98. The van der Waals surface area contributed by atoms with Crippen molar-refractivity contribution in [3.63, 3.8) is 0 Å². The highest BCUT2D eigenvalue weighted by Gasteiger charge is 2.61. The van der Waals surface area contributed by atoms with Gasteiger partial charge in [-0.05, 0) is 61.2 Å². The summed E-state index contributed by atoms with van der Waals surface area (Å²) in [6, 6.07) is 0. The van der Waals surface area contributed by atoms with Crippen molar-refractivity contribution in [3.8, 4) is 0 Å². The van der Waals surface area contributed by atoms with Crippen molar-refractivity contribution in [2.24, 2.45) is 22.7 Å². The van der Waals surface area contributed by atoms with Crippen LogP contribution in [0.25, 0.3) is 0 Å². The Kier molecular flexibility index (Phi) is 2.86. The summed E-state index contributed by atoms with van der Waals surface area (Å²) in [6.45, 7) is 11.0. The van der Waals surface area contributed by atoms with E-state index < -0.39 is 0 Å². The zero-order valence-corrected chi connectivity index (χ0v) is 12.7. The molecule has 0 bridgehead atoms. The van der Waals surface area contributed by atoms with Crippen LogP contribution in [-0.2, 0) is 4.74 Å². The molecule has 2 saturated carbocycles. The molecule has 1 nitrogen and oxygen atoms in total. The topological polar surface area (TPSA) is 9.23 Å². The van der Waals surface area contributed by atoms with Crippen LogP contribution in [0.3, 0.4) is 0 Å². The summed E-state index contributed by atoms with van der Waals surface area (Å²) >= 11 is 0. The molecule has 1 aliphatic heterocycles. The van der Waals surface area contributed by atoms with Crippen LogP contribution in [0.1, 0.15) is 72.6 Å². The molecule has 0 aromatic rings. The van der Waals surface area contributed by atoms with E-state index in [9.17, 15) is 0 Å². The van der Waals surface area contributed by atoms with Crippen LogP contribution in [0, 0.1) is 22.7 Å². The number of hydrogen-bond acceptors (Lipinski definition) is 1. The fourth-order valence-electron chi connectivity index (χ4n) is 6.14. The molecule has 0 aromatic carbocycles. The maximum Gasteiger partial charge on any atom is 0.0714 e. The molecule has 18 heavy (non-hydrogen) atoms. The normalized spacial score (nSPS) is 50.7. The van der Waals surface area contributed by atoms with E-state index in [1.54, 1.807) is 0 Å². The molecule has 0 amide bonds. The highest BCUT2D eigenvalue weighted by atomic mass is 16.5. The van der Waals surface area contributed by atoms with Crippen molar-refractivity contribution < 1.29 is 4.74 Å². The van der Waals surface area contributed by atoms with Crippen LogP contribution in [0.2, 0.25) is 0 Å². The first-order chi connectivity index (χ1) is 8.45. The Labute approximate surface area is 113 Å². The number of ether oxygens (including phenoxy) is 1. The predicted molar refractivity (Wildman–Crippen MR) is 75.5 cm³/mol. The standard InChI is InChI=1S/C17H30O/c1-5-17-11-7-13-15(2,3)9-6-10-16(13,4)14(17)8-12-18-17/h13-14H,5-12H2,1-4H3/t13-,14+,16-,17+/m0/s1. The first kappa shape index (κ1) is 13.0.